The molecule has 5 nitrogen and oxygen atoms in total. The molecule has 0 radical (unpaired) electrons. The van der Waals surface area contributed by atoms with E-state index in [0.29, 0.717) is 0 Å². The molecule has 0 bridgehead atoms. The Morgan fingerprint density at radius 2 is 2.21 bits per heavy atom. The van der Waals surface area contributed by atoms with Gasteiger partial charge >= 0.3 is 0 Å². The summed E-state index contributed by atoms with van der Waals surface area (Å²) < 4.78 is 5.81. The molecule has 2 heterocycles. The van der Waals surface area contributed by atoms with Crippen LogP contribution in [0.4, 0.5) is 0 Å². The van der Waals surface area contributed by atoms with Crippen LogP contribution in [0.2, 0.25) is 0 Å². The fraction of sp³-hybridized carbons (Fsp3) is 0.923. The lowest BCUT2D eigenvalue weighted by molar-refractivity contribution is -0.0285. The summed E-state index contributed by atoms with van der Waals surface area (Å²) in [5.41, 5.74) is 0. The molecule has 0 saturated carbocycles. The molecule has 2 aliphatic heterocycles. The lowest BCUT2D eigenvalue weighted by atomic mass is 10.2. The molecule has 1 fully saturated rings. The van der Waals surface area contributed by atoms with Crippen LogP contribution in [-0.4, -0.2) is 74.8 Å². The van der Waals surface area contributed by atoms with E-state index in [-0.39, 0.29) is 30.1 Å². The maximum absolute atomic E-state index is 5.81. The van der Waals surface area contributed by atoms with Crippen LogP contribution in [0.15, 0.2) is 4.99 Å². The smallest absolute Gasteiger partial charge is 0.193 e. The average molecular weight is 382 g/mol. The number of likely N-dealkylation sites (N-methyl/N-ethyl adjacent to an activating group) is 1. The lowest BCUT2D eigenvalue weighted by Gasteiger charge is -2.34. The topological polar surface area (TPSA) is 40.1 Å². The van der Waals surface area contributed by atoms with E-state index in [9.17, 15) is 0 Å². The van der Waals surface area contributed by atoms with Gasteiger partial charge in [-0.1, -0.05) is 13.8 Å². The third kappa shape index (κ3) is 5.43. The fourth-order valence-corrected chi connectivity index (χ4v) is 2.51. The van der Waals surface area contributed by atoms with Gasteiger partial charge in [0, 0.05) is 39.8 Å². The van der Waals surface area contributed by atoms with E-state index in [0.717, 1.165) is 51.2 Å². The first-order chi connectivity index (χ1) is 8.65. The molecule has 0 spiro atoms. The highest BCUT2D eigenvalue weighted by Gasteiger charge is 2.22. The number of nitrogens with zero attached hydrogens (tertiary/aromatic N) is 3. The van der Waals surface area contributed by atoms with E-state index in [2.05, 4.69) is 41.0 Å². The van der Waals surface area contributed by atoms with Crippen LogP contribution >= 0.6 is 24.0 Å². The highest BCUT2D eigenvalue weighted by atomic mass is 127. The number of hydrogen-bond donors (Lipinski definition) is 1. The van der Waals surface area contributed by atoms with Crippen LogP contribution in [0.25, 0.3) is 0 Å². The molecule has 19 heavy (non-hydrogen) atoms. The fourth-order valence-electron chi connectivity index (χ4n) is 2.51. The first-order valence-electron chi connectivity index (χ1n) is 6.98. The molecule has 0 aromatic rings. The van der Waals surface area contributed by atoms with Gasteiger partial charge in [-0.15, -0.1) is 24.0 Å². The van der Waals surface area contributed by atoms with Crippen molar-refractivity contribution in [1.82, 2.24) is 15.1 Å². The van der Waals surface area contributed by atoms with Crippen molar-refractivity contribution in [3.63, 3.8) is 0 Å². The van der Waals surface area contributed by atoms with E-state index >= 15 is 0 Å². The Kier molecular flexibility index (Phi) is 7.38. The van der Waals surface area contributed by atoms with Gasteiger partial charge in [-0.25, -0.2) is 0 Å². The van der Waals surface area contributed by atoms with Gasteiger partial charge in [-0.2, -0.15) is 0 Å². The zero-order valence-electron chi connectivity index (χ0n) is 12.3. The molecule has 2 aliphatic rings. The molecule has 0 aromatic heterocycles. The summed E-state index contributed by atoms with van der Waals surface area (Å²) >= 11 is 0. The van der Waals surface area contributed by atoms with E-state index in [1.54, 1.807) is 0 Å². The van der Waals surface area contributed by atoms with E-state index in [1.807, 2.05) is 0 Å². The van der Waals surface area contributed by atoms with Gasteiger partial charge in [0.1, 0.15) is 0 Å². The summed E-state index contributed by atoms with van der Waals surface area (Å²) in [6.45, 7) is 11.4. The SMILES string of the molecule is CC(C)CN1CCOC(CNC2=NCCN2C)C1.I. The molecule has 0 aromatic carbocycles. The van der Waals surface area contributed by atoms with E-state index < -0.39 is 0 Å². The van der Waals surface area contributed by atoms with Crippen LogP contribution in [-0.2, 0) is 4.74 Å². The third-order valence-electron chi connectivity index (χ3n) is 3.39. The normalized spacial score (nSPS) is 24.3. The summed E-state index contributed by atoms with van der Waals surface area (Å²) in [5, 5.41) is 3.40. The first-order valence-corrected chi connectivity index (χ1v) is 6.98. The van der Waals surface area contributed by atoms with Gasteiger partial charge in [-0.3, -0.25) is 9.89 Å². The molecule has 0 aliphatic carbocycles. The molecule has 1 atom stereocenters. The van der Waals surface area contributed by atoms with Crippen LogP contribution in [0.5, 0.6) is 0 Å². The van der Waals surface area contributed by atoms with Gasteiger partial charge in [0.25, 0.3) is 0 Å². The second kappa shape index (κ2) is 8.26. The van der Waals surface area contributed by atoms with Gasteiger partial charge in [0.15, 0.2) is 5.96 Å². The molecule has 0 amide bonds. The predicted octanol–water partition coefficient (Wildman–Crippen LogP) is 0.852. The second-order valence-electron chi connectivity index (χ2n) is 5.65. The molecule has 112 valence electrons. The number of halogens is 1. The van der Waals surface area contributed by atoms with Crippen molar-refractivity contribution in [2.75, 3.05) is 52.9 Å². The third-order valence-corrected chi connectivity index (χ3v) is 3.39. The molecule has 6 heteroatoms. The molecule has 1 N–H and O–H groups in total. The standard InChI is InChI=1S/C13H26N4O.HI/c1-11(2)9-17-6-7-18-12(10-17)8-15-13-14-4-5-16(13)3;/h11-12H,4-10H2,1-3H3,(H,14,15);1H. The minimum absolute atomic E-state index is 0. The summed E-state index contributed by atoms with van der Waals surface area (Å²) in [7, 11) is 2.08. The number of nitrogens with one attached hydrogen (secondary N) is 1. The Morgan fingerprint density at radius 1 is 1.42 bits per heavy atom. The first kappa shape index (κ1) is 17.0. The van der Waals surface area contributed by atoms with Crippen molar-refractivity contribution in [2.24, 2.45) is 10.9 Å². The molecular formula is C13H27IN4O. The predicted molar refractivity (Wildman–Crippen MR) is 89.4 cm³/mol. The van der Waals surface area contributed by atoms with Crippen molar-refractivity contribution >= 4 is 29.9 Å². The molecule has 1 unspecified atom stereocenters. The summed E-state index contributed by atoms with van der Waals surface area (Å²) in [4.78, 5) is 9.09. The van der Waals surface area contributed by atoms with Gasteiger partial charge in [0.05, 0.1) is 19.3 Å². The van der Waals surface area contributed by atoms with Gasteiger partial charge < -0.3 is 15.0 Å². The second-order valence-corrected chi connectivity index (χ2v) is 5.65. The Hall–Kier alpha value is -0.0800. The minimum Gasteiger partial charge on any atom is -0.374 e. The number of morpholine rings is 1. The molecule has 1 saturated heterocycles. The number of rotatable bonds is 4. The summed E-state index contributed by atoms with van der Waals surface area (Å²) in [6.07, 6.45) is 0.286. The number of hydrogen-bond acceptors (Lipinski definition) is 5. The van der Waals surface area contributed by atoms with Crippen LogP contribution in [0.3, 0.4) is 0 Å². The quantitative estimate of drug-likeness (QED) is 0.733. The van der Waals surface area contributed by atoms with Crippen LogP contribution < -0.4 is 5.32 Å². The van der Waals surface area contributed by atoms with Gasteiger partial charge in [0.2, 0.25) is 0 Å². The van der Waals surface area contributed by atoms with Crippen molar-refractivity contribution < 1.29 is 4.74 Å². The van der Waals surface area contributed by atoms with Crippen molar-refractivity contribution in [2.45, 2.75) is 20.0 Å². The maximum Gasteiger partial charge on any atom is 0.193 e. The number of ether oxygens (including phenoxy) is 1. The van der Waals surface area contributed by atoms with Crippen LogP contribution in [0, 0.1) is 5.92 Å². The Labute approximate surface area is 133 Å². The van der Waals surface area contributed by atoms with E-state index in [4.69, 9.17) is 4.74 Å². The zero-order valence-corrected chi connectivity index (χ0v) is 14.6. The molecule has 2 rings (SSSR count). The van der Waals surface area contributed by atoms with Crippen molar-refractivity contribution in [3.8, 4) is 0 Å². The largest absolute Gasteiger partial charge is 0.374 e. The zero-order chi connectivity index (χ0) is 13.0. The van der Waals surface area contributed by atoms with Crippen molar-refractivity contribution in [3.05, 3.63) is 0 Å². The molecular weight excluding hydrogens is 355 g/mol. The Balaban J connectivity index is 0.00000180. The van der Waals surface area contributed by atoms with Crippen LogP contribution in [0.1, 0.15) is 13.8 Å². The Morgan fingerprint density at radius 3 is 2.84 bits per heavy atom. The monoisotopic (exact) mass is 382 g/mol. The minimum atomic E-state index is 0. The van der Waals surface area contributed by atoms with Gasteiger partial charge in [-0.05, 0) is 5.92 Å². The van der Waals surface area contributed by atoms with E-state index in [1.165, 1.54) is 6.54 Å². The number of aliphatic imine (C=N–C) groups is 1. The highest BCUT2D eigenvalue weighted by Crippen LogP contribution is 2.07. The summed E-state index contributed by atoms with van der Waals surface area (Å²) in [5.74, 6) is 1.74. The highest BCUT2D eigenvalue weighted by molar-refractivity contribution is 14.0. The summed E-state index contributed by atoms with van der Waals surface area (Å²) in [6, 6.07) is 0. The number of guanidine groups is 1. The lowest BCUT2D eigenvalue weighted by Crippen LogP contribution is -2.49. The maximum atomic E-state index is 5.81. The average Bonchev–Trinajstić information content (AvgIpc) is 2.72. The Bertz CT molecular complexity index is 298. The van der Waals surface area contributed by atoms with Crippen molar-refractivity contribution in [1.29, 1.82) is 0 Å².